The zero-order valence-electron chi connectivity index (χ0n) is 22.4. The Kier molecular flexibility index (Phi) is 12.4. The largest absolute Gasteiger partial charge is 0.192 e. The maximum Gasteiger partial charge on any atom is 0.0997 e. The monoisotopic (exact) mass is 433 g/mol. The summed E-state index contributed by atoms with van der Waals surface area (Å²) in [6.07, 6.45) is 16.5. The molecule has 0 aliphatic heterocycles. The zero-order valence-corrected chi connectivity index (χ0v) is 22.4. The van der Waals surface area contributed by atoms with E-state index in [1.165, 1.54) is 71.1 Å². The van der Waals surface area contributed by atoms with E-state index < -0.39 is 0 Å². The summed E-state index contributed by atoms with van der Waals surface area (Å²) < 4.78 is 0. The predicted octanol–water partition coefficient (Wildman–Crippen LogP) is 9.56. The Bertz CT molecular complexity index is 882. The molecule has 0 fully saturated rings. The summed E-state index contributed by atoms with van der Waals surface area (Å²) >= 11 is 0. The van der Waals surface area contributed by atoms with Gasteiger partial charge in [0.2, 0.25) is 0 Å². The van der Waals surface area contributed by atoms with E-state index in [1.54, 1.807) is 0 Å². The van der Waals surface area contributed by atoms with Gasteiger partial charge in [0.05, 0.1) is 11.6 Å². The molecule has 1 heteroatoms. The van der Waals surface area contributed by atoms with E-state index in [0.717, 1.165) is 30.4 Å². The van der Waals surface area contributed by atoms with E-state index in [4.69, 9.17) is 0 Å². The Labute approximate surface area is 199 Å². The second-order valence-corrected chi connectivity index (χ2v) is 10.1. The summed E-state index contributed by atoms with van der Waals surface area (Å²) in [5.74, 6) is 0.696. The summed E-state index contributed by atoms with van der Waals surface area (Å²) in [4.78, 5) is 0. The van der Waals surface area contributed by atoms with Crippen LogP contribution in [-0.2, 0) is 6.42 Å². The highest BCUT2D eigenvalue weighted by atomic mass is 14.3. The SMILES string of the molecule is CC(C)=CCC/C(C)=C/CC/C(C)=C/CCC(C)CCc1c(C)c(C)c(C)c(C#N)c1C. The minimum absolute atomic E-state index is 0.696. The van der Waals surface area contributed by atoms with Crippen LogP contribution >= 0.6 is 0 Å². The van der Waals surface area contributed by atoms with Crippen molar-refractivity contribution in [1.82, 2.24) is 0 Å². The molecule has 176 valence electrons. The summed E-state index contributed by atoms with van der Waals surface area (Å²) in [6, 6.07) is 2.43. The minimum atomic E-state index is 0.696. The molecule has 0 radical (unpaired) electrons. The van der Waals surface area contributed by atoms with Crippen molar-refractivity contribution in [3.63, 3.8) is 0 Å². The first kappa shape index (κ1) is 28.0. The molecule has 0 N–H and O–H groups in total. The topological polar surface area (TPSA) is 23.8 Å². The van der Waals surface area contributed by atoms with Crippen LogP contribution in [0.25, 0.3) is 0 Å². The highest BCUT2D eigenvalue weighted by Crippen LogP contribution is 2.28. The van der Waals surface area contributed by atoms with E-state index in [1.807, 2.05) is 0 Å². The molecule has 0 saturated heterocycles. The molecule has 0 aliphatic carbocycles. The van der Waals surface area contributed by atoms with Crippen LogP contribution in [0, 0.1) is 44.9 Å². The van der Waals surface area contributed by atoms with Crippen molar-refractivity contribution in [3.8, 4) is 6.07 Å². The van der Waals surface area contributed by atoms with Gasteiger partial charge >= 0.3 is 0 Å². The number of benzene rings is 1. The van der Waals surface area contributed by atoms with Crippen LogP contribution in [-0.4, -0.2) is 0 Å². The molecule has 1 atom stereocenters. The fourth-order valence-corrected chi connectivity index (χ4v) is 4.44. The van der Waals surface area contributed by atoms with E-state index >= 15 is 0 Å². The summed E-state index contributed by atoms with van der Waals surface area (Å²) in [5, 5.41) is 9.57. The molecule has 0 amide bonds. The molecule has 1 rings (SSSR count). The average molecular weight is 434 g/mol. The van der Waals surface area contributed by atoms with Gasteiger partial charge in [-0.2, -0.15) is 5.26 Å². The van der Waals surface area contributed by atoms with Crippen LogP contribution in [0.1, 0.15) is 113 Å². The van der Waals surface area contributed by atoms with Gasteiger partial charge in [-0.1, -0.05) is 41.9 Å². The second-order valence-electron chi connectivity index (χ2n) is 10.1. The van der Waals surface area contributed by atoms with Crippen molar-refractivity contribution in [3.05, 3.63) is 68.3 Å². The van der Waals surface area contributed by atoms with Crippen LogP contribution in [0.4, 0.5) is 0 Å². The average Bonchev–Trinajstić information content (AvgIpc) is 2.72. The van der Waals surface area contributed by atoms with Gasteiger partial charge in [-0.05, 0) is 140 Å². The molecule has 0 saturated carbocycles. The van der Waals surface area contributed by atoms with E-state index in [-0.39, 0.29) is 0 Å². The van der Waals surface area contributed by atoms with E-state index in [0.29, 0.717) is 5.92 Å². The predicted molar refractivity (Wildman–Crippen MR) is 142 cm³/mol. The van der Waals surface area contributed by atoms with Crippen molar-refractivity contribution < 1.29 is 0 Å². The first-order valence-electron chi connectivity index (χ1n) is 12.5. The molecule has 1 aromatic rings. The fraction of sp³-hybridized carbons (Fsp3) is 0.581. The number of hydrogen-bond acceptors (Lipinski definition) is 1. The summed E-state index contributed by atoms with van der Waals surface area (Å²) in [7, 11) is 0. The lowest BCUT2D eigenvalue weighted by atomic mass is 9.85. The molecule has 0 spiro atoms. The Morgan fingerprint density at radius 2 is 1.31 bits per heavy atom. The molecular weight excluding hydrogens is 386 g/mol. The maximum atomic E-state index is 9.57. The fourth-order valence-electron chi connectivity index (χ4n) is 4.44. The van der Waals surface area contributed by atoms with Crippen LogP contribution in [0.3, 0.4) is 0 Å². The van der Waals surface area contributed by atoms with Gasteiger partial charge < -0.3 is 0 Å². The molecule has 1 aromatic carbocycles. The van der Waals surface area contributed by atoms with Crippen molar-refractivity contribution in [2.24, 2.45) is 5.92 Å². The highest BCUT2D eigenvalue weighted by Gasteiger charge is 2.15. The van der Waals surface area contributed by atoms with Crippen molar-refractivity contribution >= 4 is 0 Å². The smallest absolute Gasteiger partial charge is 0.0997 e. The summed E-state index contributed by atoms with van der Waals surface area (Å²) in [5.41, 5.74) is 11.7. The van der Waals surface area contributed by atoms with Gasteiger partial charge in [0.15, 0.2) is 0 Å². The van der Waals surface area contributed by atoms with Crippen LogP contribution < -0.4 is 0 Å². The molecule has 1 unspecified atom stereocenters. The quantitative estimate of drug-likeness (QED) is 0.301. The van der Waals surface area contributed by atoms with Gasteiger partial charge in [-0.25, -0.2) is 0 Å². The first-order valence-corrected chi connectivity index (χ1v) is 12.5. The van der Waals surface area contributed by atoms with Gasteiger partial charge in [0, 0.05) is 0 Å². The molecule has 0 heterocycles. The third-order valence-corrected chi connectivity index (χ3v) is 7.05. The van der Waals surface area contributed by atoms with Gasteiger partial charge in [0.1, 0.15) is 0 Å². The Morgan fingerprint density at radius 3 is 1.88 bits per heavy atom. The number of nitrogens with zero attached hydrogens (tertiary/aromatic N) is 1. The molecule has 1 nitrogen and oxygen atoms in total. The second kappa shape index (κ2) is 14.2. The Balaban J connectivity index is 2.48. The Morgan fingerprint density at radius 1 is 0.750 bits per heavy atom. The van der Waals surface area contributed by atoms with Gasteiger partial charge in [0.25, 0.3) is 0 Å². The van der Waals surface area contributed by atoms with Crippen LogP contribution in [0.5, 0.6) is 0 Å². The maximum absolute atomic E-state index is 9.57. The molecule has 0 bridgehead atoms. The van der Waals surface area contributed by atoms with E-state index in [9.17, 15) is 5.26 Å². The third-order valence-electron chi connectivity index (χ3n) is 7.05. The van der Waals surface area contributed by atoms with Crippen molar-refractivity contribution in [2.75, 3.05) is 0 Å². The standard InChI is InChI=1S/C31H47N/c1-22(2)13-10-14-23(3)15-11-16-24(4)17-12-18-25(5)19-20-30-27(7)26(6)28(8)31(21-32)29(30)9/h13,15,17,25H,10-12,14,16,18-20H2,1-9H3/b23-15+,24-17+. The van der Waals surface area contributed by atoms with Gasteiger partial charge in [-0.3, -0.25) is 0 Å². The molecule has 32 heavy (non-hydrogen) atoms. The Hall–Kier alpha value is -2.07. The highest BCUT2D eigenvalue weighted by molar-refractivity contribution is 5.55. The lowest BCUT2D eigenvalue weighted by Gasteiger charge is -2.19. The van der Waals surface area contributed by atoms with Crippen molar-refractivity contribution in [1.29, 1.82) is 5.26 Å². The molecule has 0 aliphatic rings. The normalized spacial score (nSPS) is 13.1. The number of rotatable bonds is 12. The zero-order chi connectivity index (χ0) is 24.3. The molecule has 0 aromatic heterocycles. The van der Waals surface area contributed by atoms with Gasteiger partial charge in [-0.15, -0.1) is 0 Å². The lowest BCUT2D eigenvalue weighted by Crippen LogP contribution is -2.06. The number of hydrogen-bond donors (Lipinski definition) is 0. The van der Waals surface area contributed by atoms with Crippen LogP contribution in [0.15, 0.2) is 34.9 Å². The molecular formula is C31H47N. The van der Waals surface area contributed by atoms with E-state index in [2.05, 4.69) is 86.6 Å². The van der Waals surface area contributed by atoms with Crippen LogP contribution in [0.2, 0.25) is 0 Å². The number of nitriles is 1. The minimum Gasteiger partial charge on any atom is -0.192 e. The first-order chi connectivity index (χ1) is 15.1. The number of allylic oxidation sites excluding steroid dienone is 6. The lowest BCUT2D eigenvalue weighted by molar-refractivity contribution is 0.495. The third kappa shape index (κ3) is 9.20. The summed E-state index contributed by atoms with van der Waals surface area (Å²) in [6.45, 7) is 19.8. The van der Waals surface area contributed by atoms with Crippen molar-refractivity contribution in [2.45, 2.75) is 114 Å².